The van der Waals surface area contributed by atoms with E-state index in [0.29, 0.717) is 16.7 Å². The maximum absolute atomic E-state index is 11.6. The number of hydrogen-bond donors (Lipinski definition) is 3. The molecule has 3 rings (SSSR count). The van der Waals surface area contributed by atoms with Crippen molar-refractivity contribution >= 4 is 11.5 Å². The van der Waals surface area contributed by atoms with E-state index in [1.807, 2.05) is 0 Å². The molecular weight excluding hydrogens is 284 g/mol. The number of amides is 1. The molecule has 0 aromatic heterocycles. The van der Waals surface area contributed by atoms with Crippen LogP contribution in [0.15, 0.2) is 42.0 Å². The second kappa shape index (κ2) is 4.82. The highest BCUT2D eigenvalue weighted by Crippen LogP contribution is 2.46. The highest BCUT2D eigenvalue weighted by molar-refractivity contribution is 6.09. The fraction of sp³-hybridized carbons (Fsp3) is 0. The van der Waals surface area contributed by atoms with E-state index in [2.05, 4.69) is 0 Å². The fourth-order valence-corrected chi connectivity index (χ4v) is 2.37. The molecule has 0 fully saturated rings. The summed E-state index contributed by atoms with van der Waals surface area (Å²) >= 11 is 0. The Morgan fingerprint density at radius 1 is 1.05 bits per heavy atom. The number of hydrogen-bond acceptors (Lipinski definition) is 5. The van der Waals surface area contributed by atoms with Crippen molar-refractivity contribution in [1.29, 1.82) is 5.26 Å². The van der Waals surface area contributed by atoms with Gasteiger partial charge in [-0.15, -0.1) is 0 Å². The highest BCUT2D eigenvalue weighted by atomic mass is 16.5. The van der Waals surface area contributed by atoms with Crippen molar-refractivity contribution in [3.05, 3.63) is 53.1 Å². The standard InChI is InChI=1S/C16H10N2O4/c17-7-12(16(18)21)15-10-3-1-8(19)5-13(10)22-14-6-9(20)2-4-11(14)15/h1-6,19-20H,(H2,18,21). The van der Waals surface area contributed by atoms with Gasteiger partial charge in [0.05, 0.1) is 0 Å². The second-order valence-electron chi connectivity index (χ2n) is 4.69. The first-order valence-corrected chi connectivity index (χ1v) is 6.30. The van der Waals surface area contributed by atoms with Gasteiger partial charge in [-0.05, 0) is 24.3 Å². The van der Waals surface area contributed by atoms with Crippen molar-refractivity contribution < 1.29 is 19.7 Å². The summed E-state index contributed by atoms with van der Waals surface area (Å²) in [5.41, 5.74) is 6.31. The van der Waals surface area contributed by atoms with Gasteiger partial charge in [0, 0.05) is 28.8 Å². The lowest BCUT2D eigenvalue weighted by atomic mass is 9.89. The Kier molecular flexibility index (Phi) is 2.96. The van der Waals surface area contributed by atoms with Crippen LogP contribution in [-0.4, -0.2) is 16.1 Å². The van der Waals surface area contributed by atoms with E-state index in [0.717, 1.165) is 0 Å². The van der Waals surface area contributed by atoms with Gasteiger partial charge in [-0.2, -0.15) is 5.26 Å². The van der Waals surface area contributed by atoms with E-state index in [9.17, 15) is 20.3 Å². The Morgan fingerprint density at radius 2 is 1.55 bits per heavy atom. The first kappa shape index (κ1) is 13.5. The SMILES string of the molecule is N#CC(C(N)=O)=C1c2ccc(O)cc2Oc2cc(O)ccc21. The number of nitrogens with two attached hydrogens (primary N) is 1. The monoisotopic (exact) mass is 294 g/mol. The second-order valence-corrected chi connectivity index (χ2v) is 4.69. The third kappa shape index (κ3) is 2.01. The lowest BCUT2D eigenvalue weighted by Crippen LogP contribution is -2.16. The largest absolute Gasteiger partial charge is 0.508 e. The van der Waals surface area contributed by atoms with Crippen LogP contribution in [0.5, 0.6) is 23.0 Å². The number of ether oxygens (including phenoxy) is 1. The summed E-state index contributed by atoms with van der Waals surface area (Å²) in [7, 11) is 0. The Balaban J connectivity index is 2.40. The smallest absolute Gasteiger partial charge is 0.260 e. The molecule has 2 aromatic carbocycles. The Bertz CT molecular complexity index is 825. The molecule has 1 amide bonds. The lowest BCUT2D eigenvalue weighted by molar-refractivity contribution is -0.114. The summed E-state index contributed by atoms with van der Waals surface area (Å²) in [6.45, 7) is 0. The van der Waals surface area contributed by atoms with Crippen LogP contribution < -0.4 is 10.5 Å². The van der Waals surface area contributed by atoms with Gasteiger partial charge in [0.25, 0.3) is 5.91 Å². The quantitative estimate of drug-likeness (QED) is 0.469. The van der Waals surface area contributed by atoms with Crippen molar-refractivity contribution in [2.75, 3.05) is 0 Å². The molecule has 6 heteroatoms. The molecule has 1 aliphatic heterocycles. The third-order valence-electron chi connectivity index (χ3n) is 3.30. The number of aromatic hydroxyl groups is 2. The van der Waals surface area contributed by atoms with Gasteiger partial charge in [0.1, 0.15) is 34.6 Å². The molecule has 2 aromatic rings. The summed E-state index contributed by atoms with van der Waals surface area (Å²) in [5.74, 6) is -0.389. The van der Waals surface area contributed by atoms with Crippen molar-refractivity contribution in [3.8, 4) is 29.1 Å². The number of phenols is 2. The number of primary amides is 1. The van der Waals surface area contributed by atoms with E-state index in [1.165, 1.54) is 36.4 Å². The predicted molar refractivity (Wildman–Crippen MR) is 77.1 cm³/mol. The van der Waals surface area contributed by atoms with E-state index in [4.69, 9.17) is 10.5 Å². The van der Waals surface area contributed by atoms with Crippen LogP contribution in [0, 0.1) is 11.3 Å². The van der Waals surface area contributed by atoms with Crippen LogP contribution in [0.2, 0.25) is 0 Å². The topological polar surface area (TPSA) is 117 Å². The molecule has 0 bridgehead atoms. The van der Waals surface area contributed by atoms with Gasteiger partial charge in [-0.25, -0.2) is 0 Å². The van der Waals surface area contributed by atoms with Crippen LogP contribution in [0.4, 0.5) is 0 Å². The maximum Gasteiger partial charge on any atom is 0.260 e. The first-order chi connectivity index (χ1) is 10.5. The zero-order valence-electron chi connectivity index (χ0n) is 11.2. The molecule has 0 spiro atoms. The predicted octanol–water partition coefficient (Wildman–Crippen LogP) is 2.01. The van der Waals surface area contributed by atoms with Gasteiger partial charge in [-0.3, -0.25) is 4.79 Å². The minimum absolute atomic E-state index is 0.0284. The minimum atomic E-state index is -0.863. The van der Waals surface area contributed by atoms with Gasteiger partial charge in [-0.1, -0.05) is 0 Å². The molecule has 0 atom stereocenters. The summed E-state index contributed by atoms with van der Waals surface area (Å²) < 4.78 is 5.63. The molecule has 6 nitrogen and oxygen atoms in total. The zero-order chi connectivity index (χ0) is 15.9. The van der Waals surface area contributed by atoms with Gasteiger partial charge in [0.2, 0.25) is 0 Å². The van der Waals surface area contributed by atoms with Crippen LogP contribution in [0.1, 0.15) is 11.1 Å². The number of fused-ring (bicyclic) bond motifs is 2. The molecule has 1 aliphatic rings. The number of carbonyl (C=O) groups is 1. The summed E-state index contributed by atoms with van der Waals surface area (Å²) in [6.07, 6.45) is 0. The van der Waals surface area contributed by atoms with Crippen molar-refractivity contribution in [2.45, 2.75) is 0 Å². The Labute approximate surface area is 125 Å². The molecule has 22 heavy (non-hydrogen) atoms. The van der Waals surface area contributed by atoms with E-state index in [-0.39, 0.29) is 28.6 Å². The number of nitrogens with zero attached hydrogens (tertiary/aromatic N) is 1. The van der Waals surface area contributed by atoms with E-state index >= 15 is 0 Å². The number of rotatable bonds is 1. The van der Waals surface area contributed by atoms with Gasteiger partial charge in [0.15, 0.2) is 0 Å². The molecule has 0 aliphatic carbocycles. The van der Waals surface area contributed by atoms with Crippen molar-refractivity contribution in [1.82, 2.24) is 0 Å². The molecule has 0 saturated heterocycles. The average Bonchev–Trinajstić information content (AvgIpc) is 2.46. The summed E-state index contributed by atoms with van der Waals surface area (Å²) in [6, 6.07) is 10.4. The molecule has 0 unspecified atom stereocenters. The van der Waals surface area contributed by atoms with E-state index in [1.54, 1.807) is 6.07 Å². The van der Waals surface area contributed by atoms with Crippen LogP contribution >= 0.6 is 0 Å². The molecule has 0 saturated carbocycles. The number of nitriles is 1. The van der Waals surface area contributed by atoms with Gasteiger partial charge < -0.3 is 20.7 Å². The average molecular weight is 294 g/mol. The van der Waals surface area contributed by atoms with Crippen LogP contribution in [-0.2, 0) is 4.79 Å². The molecular formula is C16H10N2O4. The number of phenolic OH excluding ortho intramolecular Hbond substituents is 2. The van der Waals surface area contributed by atoms with Gasteiger partial charge >= 0.3 is 0 Å². The molecule has 108 valence electrons. The van der Waals surface area contributed by atoms with Crippen LogP contribution in [0.25, 0.3) is 5.57 Å². The molecule has 0 radical (unpaired) electrons. The zero-order valence-corrected chi connectivity index (χ0v) is 11.2. The maximum atomic E-state index is 11.6. The summed E-state index contributed by atoms with van der Waals surface area (Å²) in [5, 5.41) is 28.4. The van der Waals surface area contributed by atoms with Crippen molar-refractivity contribution in [2.24, 2.45) is 5.73 Å². The minimum Gasteiger partial charge on any atom is -0.508 e. The molecule has 1 heterocycles. The highest BCUT2D eigenvalue weighted by Gasteiger charge is 2.27. The van der Waals surface area contributed by atoms with Crippen LogP contribution in [0.3, 0.4) is 0 Å². The van der Waals surface area contributed by atoms with E-state index < -0.39 is 5.91 Å². The Hall–Kier alpha value is -3.46. The Morgan fingerprint density at radius 3 is 1.95 bits per heavy atom. The lowest BCUT2D eigenvalue weighted by Gasteiger charge is -2.23. The normalized spacial score (nSPS) is 11.7. The first-order valence-electron chi connectivity index (χ1n) is 6.30. The molecule has 4 N–H and O–H groups in total. The third-order valence-corrected chi connectivity index (χ3v) is 3.30. The number of benzene rings is 2. The number of carbonyl (C=O) groups excluding carboxylic acids is 1. The van der Waals surface area contributed by atoms with Crippen molar-refractivity contribution in [3.63, 3.8) is 0 Å². The summed E-state index contributed by atoms with van der Waals surface area (Å²) in [4.78, 5) is 11.6. The fourth-order valence-electron chi connectivity index (χ4n) is 2.37.